The van der Waals surface area contributed by atoms with Gasteiger partial charge in [0, 0.05) is 62.0 Å². The maximum Gasteiger partial charge on any atom is 0.322 e. The number of rotatable bonds is 6. The van der Waals surface area contributed by atoms with Gasteiger partial charge in [0.25, 0.3) is 47.3 Å². The number of amides is 8. The molecule has 2 aliphatic heterocycles. The maximum absolute atomic E-state index is 15.1. The van der Waals surface area contributed by atoms with Gasteiger partial charge in [-0.3, -0.25) is 43.2 Å². The van der Waals surface area contributed by atoms with E-state index in [1.807, 2.05) is 6.92 Å². The summed E-state index contributed by atoms with van der Waals surface area (Å²) in [6, 6.07) is 27.2. The van der Waals surface area contributed by atoms with E-state index in [1.165, 1.54) is 18.2 Å². The molecule has 8 aromatic rings. The fraction of sp³-hybridized carbons (Fsp3) is 0.313. The molecular formula is C83H89BrN8O16. The van der Waals surface area contributed by atoms with Crippen molar-refractivity contribution in [3.05, 3.63) is 214 Å². The van der Waals surface area contributed by atoms with Gasteiger partial charge >= 0.3 is 5.97 Å². The van der Waals surface area contributed by atoms with Gasteiger partial charge in [-0.15, -0.1) is 0 Å². The predicted octanol–water partition coefficient (Wildman–Crippen LogP) is 15.0. The minimum absolute atomic E-state index is 0.00137. The molecular weight excluding hydrogens is 1440 g/mol. The van der Waals surface area contributed by atoms with Crippen LogP contribution in [-0.2, 0) is 23.7 Å². The highest BCUT2D eigenvalue weighted by Crippen LogP contribution is 2.37. The van der Waals surface area contributed by atoms with Gasteiger partial charge in [0.05, 0.1) is 73.0 Å². The number of phenolic OH excluding ortho intramolecular Hbond substituents is 1. The monoisotopic (exact) mass is 1530 g/mol. The highest BCUT2D eigenvalue weighted by atomic mass is 79.9. The van der Waals surface area contributed by atoms with Gasteiger partial charge in [0.15, 0.2) is 0 Å². The summed E-state index contributed by atoms with van der Waals surface area (Å²) in [5, 5.41) is 35.5. The first-order valence-corrected chi connectivity index (χ1v) is 35.9. The van der Waals surface area contributed by atoms with E-state index < -0.39 is 68.7 Å². The largest absolute Gasteiger partial charge is 0.506 e. The van der Waals surface area contributed by atoms with Crippen molar-refractivity contribution in [3.8, 4) is 17.2 Å². The molecule has 0 saturated carbocycles. The number of carbonyl (C=O) groups excluding carboxylic acids is 9. The van der Waals surface area contributed by atoms with Gasteiger partial charge < -0.3 is 76.1 Å². The molecule has 14 bridgehead atoms. The fourth-order valence-electron chi connectivity index (χ4n) is 12.6. The standard InChI is InChI=1S/C83H89BrN8O16/c1-42-22-54-34-55(23-42)74(95)86-63-36-67(51(10)31-47(63)6)90-78(99)59-27-45(4)29-61-72(59)107-20-17-104-40-83(15,41-105-18-21-108-81(102)82(13,14)84)39-103-16-19-106-71-58(77(98)89-66-35-62(85-73(54)94)46(5)30-50(66)9)26-44(3)28-60(71)79(100)91-68-37-64(48(7)32-52(68)11)87-75(96)56-24-43(2)25-57(70(56)93)76(97)88-65-38-69(92-80(61)101)53(12)33-49(65)8/h22-38,93H,16-21,39-41H2,1-15H3,(H,85,94)(H,86,95)(H,87,96)(H,88,97)(H,89,98)(H,90,99)(H,91,100)(H,92,101). The summed E-state index contributed by atoms with van der Waals surface area (Å²) in [6.07, 6.45) is 0. The van der Waals surface area contributed by atoms with E-state index in [0.717, 1.165) is 0 Å². The number of ether oxygens (including phenoxy) is 6. The molecule has 0 aromatic heterocycles. The Kier molecular flexibility index (Phi) is 24.4. The van der Waals surface area contributed by atoms with E-state index in [4.69, 9.17) is 28.4 Å². The molecule has 0 fully saturated rings. The molecule has 9 N–H and O–H groups in total. The van der Waals surface area contributed by atoms with Crippen molar-refractivity contribution in [2.24, 2.45) is 5.41 Å². The summed E-state index contributed by atoms with van der Waals surface area (Å²) < 4.78 is 36.5. The average Bonchev–Trinajstić information content (AvgIpc) is 0.801. The number of alkyl halides is 1. The molecule has 564 valence electrons. The third-order valence-corrected chi connectivity index (χ3v) is 18.6. The first-order valence-electron chi connectivity index (χ1n) is 35.1. The lowest BCUT2D eigenvalue weighted by atomic mass is 9.94. The van der Waals surface area contributed by atoms with Crippen LogP contribution in [0.1, 0.15) is 170 Å². The van der Waals surface area contributed by atoms with Crippen LogP contribution in [0.4, 0.5) is 45.5 Å². The third-order valence-electron chi connectivity index (χ3n) is 18.3. The quantitative estimate of drug-likeness (QED) is 0.0424. The molecule has 0 spiro atoms. The van der Waals surface area contributed by atoms with Crippen LogP contribution in [0.5, 0.6) is 17.2 Å². The topological polar surface area (TPSA) is 325 Å². The number of aromatic hydroxyl groups is 1. The zero-order valence-corrected chi connectivity index (χ0v) is 64.7. The minimum atomic E-state index is -0.955. The van der Waals surface area contributed by atoms with Crippen molar-refractivity contribution < 1.29 is 76.7 Å². The van der Waals surface area contributed by atoms with Crippen LogP contribution < -0.4 is 52.0 Å². The summed E-state index contributed by atoms with van der Waals surface area (Å²) in [6.45, 7) is 25.3. The van der Waals surface area contributed by atoms with Crippen molar-refractivity contribution in [2.45, 2.75) is 108 Å². The number of hydrogen-bond donors (Lipinski definition) is 9. The van der Waals surface area contributed by atoms with Crippen LogP contribution in [-0.4, -0.2) is 122 Å². The van der Waals surface area contributed by atoms with Crippen LogP contribution in [0, 0.1) is 88.5 Å². The Balaban J connectivity index is 1.12. The molecule has 0 atom stereocenters. The molecule has 10 rings (SSSR count). The van der Waals surface area contributed by atoms with E-state index in [1.54, 1.807) is 182 Å². The summed E-state index contributed by atoms with van der Waals surface area (Å²) >= 11 is 3.33. The smallest absolute Gasteiger partial charge is 0.322 e. The van der Waals surface area contributed by atoms with Crippen LogP contribution in [0.15, 0.2) is 103 Å². The Bertz CT molecular complexity index is 4720. The summed E-state index contributed by atoms with van der Waals surface area (Å²) in [7, 11) is 0. The Morgan fingerprint density at radius 1 is 0.389 bits per heavy atom. The first kappa shape index (κ1) is 79.3. The number of anilines is 8. The SMILES string of the molecule is Cc1cc2cc(c1)C(=O)Nc1cc(c(C)cc1C)NC(=O)c1cc(C)cc3c1OCCOCC(C)(COCCOC(=O)C(C)(C)Br)COCCOc1c(cc(C)cc1C(=O)Nc1cc(c(C)cc1C)NC(=O)c1cc(C)cc(c1O)C(=O)Nc1cc(c(C)cc1C)NC3=O)C(=O)Nc1cc(c(C)cc1C)NC2=O. The zero-order chi connectivity index (χ0) is 78.4. The van der Waals surface area contributed by atoms with Crippen LogP contribution in [0.25, 0.3) is 0 Å². The lowest BCUT2D eigenvalue weighted by Gasteiger charge is -2.29. The molecule has 25 heteroatoms. The zero-order valence-electron chi connectivity index (χ0n) is 63.1. The van der Waals surface area contributed by atoms with Crippen molar-refractivity contribution in [2.75, 3.05) is 102 Å². The first-order chi connectivity index (χ1) is 51.0. The second-order valence-electron chi connectivity index (χ2n) is 28.5. The lowest BCUT2D eigenvalue weighted by Crippen LogP contribution is -2.36. The number of esters is 1. The van der Waals surface area contributed by atoms with E-state index in [9.17, 15) is 29.1 Å². The third kappa shape index (κ3) is 18.9. The van der Waals surface area contributed by atoms with Crippen LogP contribution in [0.3, 0.4) is 0 Å². The number of carbonyl (C=O) groups is 9. The Hall–Kier alpha value is -11.3. The molecule has 0 aliphatic carbocycles. The Morgan fingerprint density at radius 2 is 0.657 bits per heavy atom. The fourth-order valence-corrected chi connectivity index (χ4v) is 12.7. The second-order valence-corrected chi connectivity index (χ2v) is 30.5. The summed E-state index contributed by atoms with van der Waals surface area (Å²) in [5.41, 5.74) is 7.62. The average molecular weight is 1530 g/mol. The minimum Gasteiger partial charge on any atom is -0.506 e. The molecule has 0 unspecified atom stereocenters. The molecule has 0 radical (unpaired) electrons. The van der Waals surface area contributed by atoms with E-state index in [-0.39, 0.29) is 138 Å². The van der Waals surface area contributed by atoms with Gasteiger partial charge in [0.1, 0.15) is 41.4 Å². The summed E-state index contributed by atoms with van der Waals surface area (Å²) in [4.78, 5) is 131. The van der Waals surface area contributed by atoms with Gasteiger partial charge in [-0.1, -0.05) is 47.1 Å². The molecule has 24 nitrogen and oxygen atoms in total. The molecule has 108 heavy (non-hydrogen) atoms. The number of fused-ring (bicyclic) bond motifs is 22. The van der Waals surface area contributed by atoms with E-state index in [2.05, 4.69) is 58.5 Å². The van der Waals surface area contributed by atoms with Gasteiger partial charge in [-0.05, 0) is 243 Å². The molecule has 0 saturated heterocycles. The molecule has 8 aromatic carbocycles. The number of phenols is 1. The Labute approximate surface area is 635 Å². The molecule has 2 aliphatic rings. The number of nitrogens with one attached hydrogen (secondary N) is 8. The van der Waals surface area contributed by atoms with Crippen LogP contribution in [0.2, 0.25) is 0 Å². The maximum atomic E-state index is 15.1. The van der Waals surface area contributed by atoms with Gasteiger partial charge in [-0.2, -0.15) is 0 Å². The van der Waals surface area contributed by atoms with Crippen molar-refractivity contribution in [3.63, 3.8) is 0 Å². The number of hydrogen-bond acceptors (Lipinski definition) is 16. The highest BCUT2D eigenvalue weighted by Gasteiger charge is 2.32. The number of benzene rings is 8. The van der Waals surface area contributed by atoms with E-state index in [0.29, 0.717) is 89.5 Å². The number of halogens is 1. The Morgan fingerprint density at radius 3 is 0.954 bits per heavy atom. The van der Waals surface area contributed by atoms with Gasteiger partial charge in [0.2, 0.25) is 0 Å². The second kappa shape index (κ2) is 33.3. The van der Waals surface area contributed by atoms with Crippen molar-refractivity contribution >= 4 is 115 Å². The van der Waals surface area contributed by atoms with E-state index >= 15 is 19.2 Å². The molecule has 8 amide bonds. The number of aryl methyl sites for hydroxylation is 12. The van der Waals surface area contributed by atoms with Gasteiger partial charge in [-0.25, -0.2) is 0 Å². The van der Waals surface area contributed by atoms with Crippen LogP contribution >= 0.6 is 15.9 Å². The van der Waals surface area contributed by atoms with Crippen molar-refractivity contribution in [1.82, 2.24) is 0 Å². The summed E-state index contributed by atoms with van der Waals surface area (Å²) in [5.74, 6) is -6.94. The molecule has 2 heterocycles. The highest BCUT2D eigenvalue weighted by molar-refractivity contribution is 9.10. The normalized spacial score (nSPS) is 15.0. The lowest BCUT2D eigenvalue weighted by molar-refractivity contribution is -0.147. The predicted molar refractivity (Wildman–Crippen MR) is 419 cm³/mol. The van der Waals surface area contributed by atoms with Crippen molar-refractivity contribution in [1.29, 1.82) is 0 Å².